The molecule has 0 aromatic heterocycles. The van der Waals surface area contributed by atoms with Gasteiger partial charge in [-0.15, -0.1) is 0 Å². The minimum absolute atomic E-state index is 0.386. The summed E-state index contributed by atoms with van der Waals surface area (Å²) in [5, 5.41) is 3.58. The maximum atomic E-state index is 3.58. The van der Waals surface area contributed by atoms with E-state index < -0.39 is 0 Å². The first-order valence-electron chi connectivity index (χ1n) is 6.70. The summed E-state index contributed by atoms with van der Waals surface area (Å²) in [6.07, 6.45) is 1.08. The van der Waals surface area contributed by atoms with E-state index in [-0.39, 0.29) is 0 Å². The molecule has 2 rings (SSSR count). The third-order valence-corrected chi connectivity index (χ3v) is 4.00. The molecule has 2 aromatic rings. The van der Waals surface area contributed by atoms with Crippen LogP contribution in [0.2, 0.25) is 0 Å². The lowest BCUT2D eigenvalue weighted by Crippen LogP contribution is -2.21. The second-order valence-corrected chi connectivity index (χ2v) is 5.82. The van der Waals surface area contributed by atoms with E-state index in [0.29, 0.717) is 6.04 Å². The van der Waals surface area contributed by atoms with Gasteiger partial charge in [0.05, 0.1) is 0 Å². The third kappa shape index (κ3) is 4.19. The van der Waals surface area contributed by atoms with Crippen molar-refractivity contribution >= 4 is 15.9 Å². The van der Waals surface area contributed by atoms with Crippen molar-refractivity contribution in [2.24, 2.45) is 0 Å². The lowest BCUT2D eigenvalue weighted by molar-refractivity contribution is 0.576. The Morgan fingerprint density at radius 1 is 1.05 bits per heavy atom. The zero-order valence-electron chi connectivity index (χ0n) is 11.5. The molecular weight excluding hydrogens is 298 g/mol. The molecule has 0 saturated carbocycles. The van der Waals surface area contributed by atoms with Crippen molar-refractivity contribution in [1.82, 2.24) is 5.32 Å². The molecule has 0 spiro atoms. The first-order valence-corrected chi connectivity index (χ1v) is 7.49. The number of nitrogens with one attached hydrogen (secondary N) is 1. The number of hydrogen-bond donors (Lipinski definition) is 1. The highest BCUT2D eigenvalue weighted by atomic mass is 79.9. The minimum Gasteiger partial charge on any atom is -0.310 e. The van der Waals surface area contributed by atoms with Gasteiger partial charge in [0.2, 0.25) is 0 Å². The summed E-state index contributed by atoms with van der Waals surface area (Å²) >= 11 is 3.47. The van der Waals surface area contributed by atoms with Gasteiger partial charge in [0.15, 0.2) is 0 Å². The Bertz CT molecular complexity index is 519. The van der Waals surface area contributed by atoms with Crippen LogP contribution in [0.4, 0.5) is 0 Å². The molecule has 0 aliphatic rings. The molecule has 19 heavy (non-hydrogen) atoms. The Hall–Kier alpha value is -1.12. The van der Waals surface area contributed by atoms with Crippen LogP contribution in [-0.4, -0.2) is 6.54 Å². The summed E-state index contributed by atoms with van der Waals surface area (Å²) in [4.78, 5) is 0. The predicted octanol–water partition coefficient (Wildman–Crippen LogP) is 4.65. The van der Waals surface area contributed by atoms with E-state index >= 15 is 0 Å². The van der Waals surface area contributed by atoms with E-state index in [4.69, 9.17) is 0 Å². The number of rotatable bonds is 5. The third-order valence-electron chi connectivity index (χ3n) is 3.48. The summed E-state index contributed by atoms with van der Waals surface area (Å²) < 4.78 is 1.13. The van der Waals surface area contributed by atoms with Crippen molar-refractivity contribution in [3.63, 3.8) is 0 Å². The molecule has 1 N–H and O–H groups in total. The van der Waals surface area contributed by atoms with Crippen LogP contribution >= 0.6 is 15.9 Å². The van der Waals surface area contributed by atoms with Crippen molar-refractivity contribution in [2.45, 2.75) is 26.3 Å². The summed E-state index contributed by atoms with van der Waals surface area (Å²) in [6.45, 7) is 5.39. The van der Waals surface area contributed by atoms with Crippen molar-refractivity contribution in [3.05, 3.63) is 69.7 Å². The van der Waals surface area contributed by atoms with Crippen molar-refractivity contribution < 1.29 is 0 Å². The summed E-state index contributed by atoms with van der Waals surface area (Å²) in [5.74, 6) is 0. The Labute approximate surface area is 124 Å². The standard InChI is InChI=1S/C17H20BrN/c1-13-5-3-4-6-15(13)11-12-19-14(2)16-7-9-17(18)10-8-16/h3-10,14,19H,11-12H2,1-2H3. The predicted molar refractivity (Wildman–Crippen MR) is 85.4 cm³/mol. The average Bonchev–Trinajstić information content (AvgIpc) is 2.41. The Morgan fingerprint density at radius 3 is 2.42 bits per heavy atom. The van der Waals surface area contributed by atoms with Crippen LogP contribution in [0.1, 0.15) is 29.7 Å². The average molecular weight is 318 g/mol. The molecule has 0 bridgehead atoms. The quantitative estimate of drug-likeness (QED) is 0.846. The van der Waals surface area contributed by atoms with Crippen LogP contribution in [0.15, 0.2) is 53.0 Å². The van der Waals surface area contributed by atoms with Crippen LogP contribution in [0.5, 0.6) is 0 Å². The molecule has 0 aliphatic heterocycles. The second-order valence-electron chi connectivity index (χ2n) is 4.90. The van der Waals surface area contributed by atoms with Crippen molar-refractivity contribution in [2.75, 3.05) is 6.54 Å². The number of halogens is 1. The molecule has 0 heterocycles. The molecule has 0 fully saturated rings. The molecule has 1 nitrogen and oxygen atoms in total. The Balaban J connectivity index is 1.86. The van der Waals surface area contributed by atoms with Gasteiger partial charge in [0, 0.05) is 10.5 Å². The molecule has 2 aromatic carbocycles. The maximum Gasteiger partial charge on any atom is 0.0291 e. The first kappa shape index (κ1) is 14.3. The van der Waals surface area contributed by atoms with Crippen LogP contribution < -0.4 is 5.32 Å². The van der Waals surface area contributed by atoms with Gasteiger partial charge in [-0.05, 0) is 55.6 Å². The van der Waals surface area contributed by atoms with E-state index in [0.717, 1.165) is 17.4 Å². The smallest absolute Gasteiger partial charge is 0.0291 e. The monoisotopic (exact) mass is 317 g/mol. The van der Waals surface area contributed by atoms with Crippen molar-refractivity contribution in [1.29, 1.82) is 0 Å². The lowest BCUT2D eigenvalue weighted by atomic mass is 10.1. The number of benzene rings is 2. The van der Waals surface area contributed by atoms with Gasteiger partial charge >= 0.3 is 0 Å². The second kappa shape index (κ2) is 6.88. The van der Waals surface area contributed by atoms with Gasteiger partial charge < -0.3 is 5.32 Å². The maximum absolute atomic E-state index is 3.58. The fourth-order valence-electron chi connectivity index (χ4n) is 2.18. The van der Waals surface area contributed by atoms with E-state index in [1.54, 1.807) is 0 Å². The fourth-order valence-corrected chi connectivity index (χ4v) is 2.45. The molecule has 1 atom stereocenters. The largest absolute Gasteiger partial charge is 0.310 e. The van der Waals surface area contributed by atoms with Crippen LogP contribution in [-0.2, 0) is 6.42 Å². The summed E-state index contributed by atoms with van der Waals surface area (Å²) in [6, 6.07) is 17.5. The molecule has 1 unspecified atom stereocenters. The topological polar surface area (TPSA) is 12.0 Å². The van der Waals surface area contributed by atoms with Gasteiger partial charge in [-0.1, -0.05) is 52.3 Å². The van der Waals surface area contributed by atoms with Crippen LogP contribution in [0.3, 0.4) is 0 Å². The van der Waals surface area contributed by atoms with Gasteiger partial charge in [0.1, 0.15) is 0 Å². The van der Waals surface area contributed by atoms with E-state index in [1.165, 1.54) is 16.7 Å². The highest BCUT2D eigenvalue weighted by Crippen LogP contribution is 2.16. The van der Waals surface area contributed by atoms with Gasteiger partial charge in [-0.3, -0.25) is 0 Å². The SMILES string of the molecule is Cc1ccccc1CCNC(C)c1ccc(Br)cc1. The fraction of sp³-hybridized carbons (Fsp3) is 0.294. The van der Waals surface area contributed by atoms with E-state index in [1.807, 2.05) is 0 Å². The minimum atomic E-state index is 0.386. The molecule has 100 valence electrons. The van der Waals surface area contributed by atoms with Gasteiger partial charge in [-0.25, -0.2) is 0 Å². The van der Waals surface area contributed by atoms with E-state index in [2.05, 4.69) is 83.6 Å². The van der Waals surface area contributed by atoms with Crippen LogP contribution in [0, 0.1) is 6.92 Å². The van der Waals surface area contributed by atoms with Gasteiger partial charge in [0.25, 0.3) is 0 Å². The number of hydrogen-bond acceptors (Lipinski definition) is 1. The normalized spacial score (nSPS) is 12.4. The summed E-state index contributed by atoms with van der Waals surface area (Å²) in [7, 11) is 0. The van der Waals surface area contributed by atoms with Crippen molar-refractivity contribution in [3.8, 4) is 0 Å². The Kier molecular flexibility index (Phi) is 5.17. The highest BCUT2D eigenvalue weighted by Gasteiger charge is 2.04. The Morgan fingerprint density at radius 2 is 1.74 bits per heavy atom. The number of aryl methyl sites for hydroxylation is 1. The molecular formula is C17H20BrN. The molecule has 0 amide bonds. The summed E-state index contributed by atoms with van der Waals surface area (Å²) in [5.41, 5.74) is 4.13. The highest BCUT2D eigenvalue weighted by molar-refractivity contribution is 9.10. The molecule has 0 aliphatic carbocycles. The lowest BCUT2D eigenvalue weighted by Gasteiger charge is -2.15. The molecule has 0 saturated heterocycles. The first-order chi connectivity index (χ1) is 9.16. The molecule has 2 heteroatoms. The molecule has 0 radical (unpaired) electrons. The van der Waals surface area contributed by atoms with E-state index in [9.17, 15) is 0 Å². The zero-order valence-corrected chi connectivity index (χ0v) is 13.1. The van der Waals surface area contributed by atoms with Crippen LogP contribution in [0.25, 0.3) is 0 Å². The van der Waals surface area contributed by atoms with Gasteiger partial charge in [-0.2, -0.15) is 0 Å². The zero-order chi connectivity index (χ0) is 13.7.